The van der Waals surface area contributed by atoms with E-state index in [1.54, 1.807) is 6.07 Å². The van der Waals surface area contributed by atoms with Crippen LogP contribution in [0, 0.1) is 0 Å². The molecule has 1 heterocycles. The molecule has 14 heavy (non-hydrogen) atoms. The van der Waals surface area contributed by atoms with E-state index in [0.29, 0.717) is 5.75 Å². The molecule has 0 bridgehead atoms. The molecule has 3 nitrogen and oxygen atoms in total. The van der Waals surface area contributed by atoms with Gasteiger partial charge in [0.1, 0.15) is 5.75 Å². The zero-order valence-electron chi connectivity index (χ0n) is 7.75. The summed E-state index contributed by atoms with van der Waals surface area (Å²) in [5, 5.41) is 10.5. The molecule has 72 valence electrons. The van der Waals surface area contributed by atoms with Crippen LogP contribution in [-0.2, 0) is 5.54 Å². The normalized spacial score (nSPS) is 18.6. The number of H-pyrrole nitrogens is 1. The van der Waals surface area contributed by atoms with Crippen LogP contribution in [0.4, 0.5) is 0 Å². The first-order chi connectivity index (χ1) is 6.69. The topological polar surface area (TPSA) is 62.0 Å². The summed E-state index contributed by atoms with van der Waals surface area (Å²) in [4.78, 5) is 3.25. The zero-order valence-corrected chi connectivity index (χ0v) is 7.75. The maximum atomic E-state index is 9.61. The van der Waals surface area contributed by atoms with Crippen molar-refractivity contribution in [2.24, 2.45) is 5.73 Å². The Labute approximate surface area is 81.5 Å². The Balaban J connectivity index is 2.25. The van der Waals surface area contributed by atoms with Crippen molar-refractivity contribution in [3.05, 3.63) is 30.0 Å². The Bertz CT molecular complexity index is 497. The molecule has 3 rings (SSSR count). The van der Waals surface area contributed by atoms with Crippen LogP contribution in [0.5, 0.6) is 5.75 Å². The fourth-order valence-electron chi connectivity index (χ4n) is 1.81. The average molecular weight is 188 g/mol. The lowest BCUT2D eigenvalue weighted by Crippen LogP contribution is -2.18. The van der Waals surface area contributed by atoms with Crippen LogP contribution in [-0.4, -0.2) is 10.1 Å². The molecule has 1 aromatic carbocycles. The highest BCUT2D eigenvalue weighted by Crippen LogP contribution is 2.43. The van der Waals surface area contributed by atoms with E-state index < -0.39 is 0 Å². The van der Waals surface area contributed by atoms with Crippen molar-refractivity contribution in [3.63, 3.8) is 0 Å². The summed E-state index contributed by atoms with van der Waals surface area (Å²) in [6, 6.07) is 7.42. The third-order valence-corrected chi connectivity index (χ3v) is 2.97. The highest BCUT2D eigenvalue weighted by atomic mass is 16.3. The van der Waals surface area contributed by atoms with Gasteiger partial charge in [0.25, 0.3) is 0 Å². The van der Waals surface area contributed by atoms with E-state index in [1.165, 1.54) is 0 Å². The molecule has 0 amide bonds. The van der Waals surface area contributed by atoms with Gasteiger partial charge in [-0.1, -0.05) is 6.07 Å². The molecule has 1 aliphatic rings. The summed E-state index contributed by atoms with van der Waals surface area (Å²) < 4.78 is 0. The number of hydrogen-bond acceptors (Lipinski definition) is 2. The molecule has 0 radical (unpaired) electrons. The van der Waals surface area contributed by atoms with Crippen molar-refractivity contribution >= 4 is 10.9 Å². The fraction of sp³-hybridized carbons (Fsp3) is 0.273. The number of fused-ring (bicyclic) bond motifs is 1. The van der Waals surface area contributed by atoms with Gasteiger partial charge in [0.15, 0.2) is 0 Å². The third kappa shape index (κ3) is 0.960. The first-order valence-corrected chi connectivity index (χ1v) is 4.79. The monoisotopic (exact) mass is 188 g/mol. The first-order valence-electron chi connectivity index (χ1n) is 4.79. The van der Waals surface area contributed by atoms with E-state index in [4.69, 9.17) is 5.73 Å². The van der Waals surface area contributed by atoms with Crippen LogP contribution in [0.25, 0.3) is 10.9 Å². The van der Waals surface area contributed by atoms with E-state index in [-0.39, 0.29) is 5.54 Å². The molecule has 0 aliphatic heterocycles. The second-order valence-electron chi connectivity index (χ2n) is 4.08. The van der Waals surface area contributed by atoms with Crippen molar-refractivity contribution in [1.29, 1.82) is 0 Å². The van der Waals surface area contributed by atoms with Gasteiger partial charge in [0.05, 0.1) is 5.54 Å². The minimum Gasteiger partial charge on any atom is -0.507 e. The molecule has 0 saturated heterocycles. The van der Waals surface area contributed by atoms with Crippen molar-refractivity contribution in [1.82, 2.24) is 4.98 Å². The SMILES string of the molecule is NC1(c2cc3c(O)cccc3[nH]2)CC1. The molecular formula is C11H12N2O. The average Bonchev–Trinajstić information content (AvgIpc) is 2.77. The summed E-state index contributed by atoms with van der Waals surface area (Å²) in [7, 11) is 0. The Morgan fingerprint density at radius 2 is 2.14 bits per heavy atom. The number of aromatic hydroxyl groups is 1. The Morgan fingerprint density at radius 1 is 1.36 bits per heavy atom. The molecule has 4 N–H and O–H groups in total. The number of phenolic OH excluding ortho intramolecular Hbond substituents is 1. The Kier molecular flexibility index (Phi) is 1.30. The number of nitrogens with one attached hydrogen (secondary N) is 1. The van der Waals surface area contributed by atoms with Gasteiger partial charge in [-0.15, -0.1) is 0 Å². The highest BCUT2D eigenvalue weighted by Gasteiger charge is 2.41. The fourth-order valence-corrected chi connectivity index (χ4v) is 1.81. The van der Waals surface area contributed by atoms with E-state index in [9.17, 15) is 5.11 Å². The lowest BCUT2D eigenvalue weighted by atomic mass is 10.2. The van der Waals surface area contributed by atoms with Gasteiger partial charge in [-0.2, -0.15) is 0 Å². The van der Waals surface area contributed by atoms with Crippen molar-refractivity contribution < 1.29 is 5.11 Å². The number of rotatable bonds is 1. The van der Waals surface area contributed by atoms with Gasteiger partial charge in [-0.3, -0.25) is 0 Å². The van der Waals surface area contributed by atoms with Gasteiger partial charge < -0.3 is 15.8 Å². The predicted octanol–water partition coefficient (Wildman–Crippen LogP) is 1.82. The quantitative estimate of drug-likeness (QED) is 0.639. The van der Waals surface area contributed by atoms with Gasteiger partial charge in [-0.25, -0.2) is 0 Å². The molecular weight excluding hydrogens is 176 g/mol. The van der Waals surface area contributed by atoms with E-state index in [0.717, 1.165) is 29.4 Å². The largest absolute Gasteiger partial charge is 0.507 e. The number of nitrogens with two attached hydrogens (primary N) is 1. The molecule has 3 heteroatoms. The number of aromatic amines is 1. The van der Waals surface area contributed by atoms with Crippen LogP contribution in [0.1, 0.15) is 18.5 Å². The van der Waals surface area contributed by atoms with Crippen LogP contribution in [0.2, 0.25) is 0 Å². The van der Waals surface area contributed by atoms with Crippen LogP contribution in [0.3, 0.4) is 0 Å². The summed E-state index contributed by atoms with van der Waals surface area (Å²) in [5.74, 6) is 0.314. The predicted molar refractivity (Wildman–Crippen MR) is 55.1 cm³/mol. The molecule has 2 aromatic rings. The highest BCUT2D eigenvalue weighted by molar-refractivity contribution is 5.86. The molecule has 1 fully saturated rings. The Morgan fingerprint density at radius 3 is 2.79 bits per heavy atom. The van der Waals surface area contributed by atoms with Gasteiger partial charge in [0.2, 0.25) is 0 Å². The molecule has 1 aliphatic carbocycles. The smallest absolute Gasteiger partial charge is 0.124 e. The molecule has 1 aromatic heterocycles. The second kappa shape index (κ2) is 2.30. The molecule has 0 unspecified atom stereocenters. The van der Waals surface area contributed by atoms with Crippen LogP contribution >= 0.6 is 0 Å². The van der Waals surface area contributed by atoms with Gasteiger partial charge >= 0.3 is 0 Å². The summed E-state index contributed by atoms with van der Waals surface area (Å²) in [6.45, 7) is 0. The maximum Gasteiger partial charge on any atom is 0.124 e. The summed E-state index contributed by atoms with van der Waals surface area (Å²) in [6.07, 6.45) is 2.06. The van der Waals surface area contributed by atoms with Crippen LogP contribution < -0.4 is 5.73 Å². The summed E-state index contributed by atoms with van der Waals surface area (Å²) in [5.41, 5.74) is 7.90. The number of phenols is 1. The molecule has 1 saturated carbocycles. The van der Waals surface area contributed by atoms with Crippen molar-refractivity contribution in [2.45, 2.75) is 18.4 Å². The van der Waals surface area contributed by atoms with E-state index >= 15 is 0 Å². The lowest BCUT2D eigenvalue weighted by molar-refractivity contribution is 0.481. The second-order valence-corrected chi connectivity index (χ2v) is 4.08. The van der Waals surface area contributed by atoms with Crippen molar-refractivity contribution in [3.8, 4) is 5.75 Å². The number of benzene rings is 1. The third-order valence-electron chi connectivity index (χ3n) is 2.97. The van der Waals surface area contributed by atoms with Crippen molar-refractivity contribution in [2.75, 3.05) is 0 Å². The molecule has 0 spiro atoms. The summed E-state index contributed by atoms with van der Waals surface area (Å²) >= 11 is 0. The molecule has 0 atom stereocenters. The zero-order chi connectivity index (χ0) is 9.76. The lowest BCUT2D eigenvalue weighted by Gasteiger charge is -2.03. The van der Waals surface area contributed by atoms with Gasteiger partial charge in [0, 0.05) is 16.6 Å². The Hall–Kier alpha value is -1.48. The van der Waals surface area contributed by atoms with E-state index in [2.05, 4.69) is 4.98 Å². The van der Waals surface area contributed by atoms with Gasteiger partial charge in [-0.05, 0) is 31.0 Å². The maximum absolute atomic E-state index is 9.61. The first kappa shape index (κ1) is 7.88. The minimum atomic E-state index is -0.161. The van der Waals surface area contributed by atoms with Crippen LogP contribution in [0.15, 0.2) is 24.3 Å². The standard InChI is InChI=1S/C11H12N2O/c12-11(4-5-11)10-6-7-8(13-10)2-1-3-9(7)14/h1-3,6,13-14H,4-5,12H2. The number of hydrogen-bond donors (Lipinski definition) is 3. The van der Waals surface area contributed by atoms with E-state index in [1.807, 2.05) is 18.2 Å². The minimum absolute atomic E-state index is 0.161. The number of aromatic nitrogens is 1.